The topological polar surface area (TPSA) is 132 Å². The van der Waals surface area contributed by atoms with Gasteiger partial charge in [-0.1, -0.05) is 76.2 Å². The second-order valence-corrected chi connectivity index (χ2v) is 12.1. The van der Waals surface area contributed by atoms with Gasteiger partial charge in [0.15, 0.2) is 0 Å². The molecule has 0 bridgehead atoms. The first-order valence-electron chi connectivity index (χ1n) is 15.4. The normalized spacial score (nSPS) is 15.3. The average molecular weight is 593 g/mol. The monoisotopic (exact) mass is 592 g/mol. The number of carbonyl (C=O) groups is 4. The molecule has 234 valence electrons. The Labute approximate surface area is 255 Å². The zero-order chi connectivity index (χ0) is 31.2. The summed E-state index contributed by atoms with van der Waals surface area (Å²) < 4.78 is 0. The van der Waals surface area contributed by atoms with E-state index in [1.807, 2.05) is 88.4 Å². The molecule has 5 N–H and O–H groups in total. The Hall–Kier alpha value is -4.08. The van der Waals surface area contributed by atoms with Gasteiger partial charge in [-0.25, -0.2) is 4.79 Å². The number of hydrogen-bond donors (Lipinski definition) is 5. The molecule has 3 rings (SSSR count). The zero-order valence-electron chi connectivity index (χ0n) is 25.9. The Morgan fingerprint density at radius 2 is 1.16 bits per heavy atom. The molecule has 0 saturated carbocycles. The molecular weight excluding hydrogens is 544 g/mol. The molecule has 0 radical (unpaired) electrons. The van der Waals surface area contributed by atoms with Crippen molar-refractivity contribution in [1.29, 1.82) is 0 Å². The number of urea groups is 1. The highest BCUT2D eigenvalue weighted by Crippen LogP contribution is 2.13. The lowest BCUT2D eigenvalue weighted by Gasteiger charge is -2.30. The van der Waals surface area contributed by atoms with Crippen LogP contribution >= 0.6 is 0 Å². The standard InChI is InChI=1S/C33H48N6O4/c1-23(2)20-27(34-31(41)28(21-24(3)4)36-33(43)39-18-12-7-13-19-39)30(40)35-29(22-25-14-8-5-9-15-25)32(42)38-37-26-16-10-6-11-17-26/h5-6,8-11,14-17,23-24,27-29,37H,7,12-13,18-22H2,1-4H3,(H,34,41)(H,35,40)(H,36,43)(H,38,42)/t27-,28-,29-/m0/s1. The van der Waals surface area contributed by atoms with Crippen LogP contribution in [0.5, 0.6) is 0 Å². The minimum atomic E-state index is -0.900. The van der Waals surface area contributed by atoms with Crippen LogP contribution in [-0.4, -0.2) is 59.9 Å². The molecule has 0 unspecified atom stereocenters. The van der Waals surface area contributed by atoms with Crippen LogP contribution < -0.4 is 26.8 Å². The molecule has 10 nitrogen and oxygen atoms in total. The van der Waals surface area contributed by atoms with Gasteiger partial charge in [0, 0.05) is 19.5 Å². The number of nitrogens with zero attached hydrogens (tertiary/aromatic N) is 1. The second-order valence-electron chi connectivity index (χ2n) is 12.1. The van der Waals surface area contributed by atoms with E-state index in [0.717, 1.165) is 24.8 Å². The molecule has 0 spiro atoms. The lowest BCUT2D eigenvalue weighted by Crippen LogP contribution is -2.58. The largest absolute Gasteiger partial charge is 0.343 e. The number of anilines is 1. The van der Waals surface area contributed by atoms with Crippen LogP contribution in [0.15, 0.2) is 60.7 Å². The van der Waals surface area contributed by atoms with E-state index >= 15 is 0 Å². The van der Waals surface area contributed by atoms with E-state index in [2.05, 4.69) is 26.8 Å². The minimum absolute atomic E-state index is 0.0867. The Morgan fingerprint density at radius 1 is 0.651 bits per heavy atom. The van der Waals surface area contributed by atoms with E-state index in [4.69, 9.17) is 0 Å². The fraction of sp³-hybridized carbons (Fsp3) is 0.515. The summed E-state index contributed by atoms with van der Waals surface area (Å²) in [6, 6.07) is 15.8. The van der Waals surface area contributed by atoms with Crippen molar-refractivity contribution in [3.63, 3.8) is 0 Å². The van der Waals surface area contributed by atoms with Crippen molar-refractivity contribution < 1.29 is 19.2 Å². The second kappa shape index (κ2) is 17.1. The maximum Gasteiger partial charge on any atom is 0.318 e. The number of carbonyl (C=O) groups excluding carboxylic acids is 4. The molecule has 2 aromatic carbocycles. The van der Waals surface area contributed by atoms with Crippen molar-refractivity contribution >= 4 is 29.4 Å². The first-order chi connectivity index (χ1) is 20.6. The van der Waals surface area contributed by atoms with Gasteiger partial charge < -0.3 is 20.9 Å². The molecule has 0 aliphatic carbocycles. The highest BCUT2D eigenvalue weighted by molar-refractivity contribution is 5.94. The molecule has 1 heterocycles. The van der Waals surface area contributed by atoms with Crippen molar-refractivity contribution in [2.45, 2.75) is 84.3 Å². The van der Waals surface area contributed by atoms with Crippen LogP contribution in [0.4, 0.5) is 10.5 Å². The fourth-order valence-corrected chi connectivity index (χ4v) is 5.09. The predicted octanol–water partition coefficient (Wildman–Crippen LogP) is 4.00. The summed E-state index contributed by atoms with van der Waals surface area (Å²) in [4.78, 5) is 55.2. The Bertz CT molecular complexity index is 1170. The highest BCUT2D eigenvalue weighted by Gasteiger charge is 2.31. The number of hydrogen-bond acceptors (Lipinski definition) is 5. The average Bonchev–Trinajstić information content (AvgIpc) is 2.99. The Kier molecular flexibility index (Phi) is 13.3. The molecule has 1 fully saturated rings. The number of para-hydroxylation sites is 1. The molecule has 2 aromatic rings. The number of rotatable bonds is 14. The number of benzene rings is 2. The van der Waals surface area contributed by atoms with Crippen molar-refractivity contribution in [2.75, 3.05) is 18.5 Å². The third-order valence-electron chi connectivity index (χ3n) is 7.32. The van der Waals surface area contributed by atoms with E-state index in [-0.39, 0.29) is 24.3 Å². The lowest BCUT2D eigenvalue weighted by atomic mass is 9.99. The zero-order valence-corrected chi connectivity index (χ0v) is 25.9. The summed E-state index contributed by atoms with van der Waals surface area (Å²) in [5.74, 6) is -1.05. The summed E-state index contributed by atoms with van der Waals surface area (Å²) in [6.07, 6.45) is 4.06. The van der Waals surface area contributed by atoms with Crippen LogP contribution in [0.25, 0.3) is 0 Å². The summed E-state index contributed by atoms with van der Waals surface area (Å²) >= 11 is 0. The van der Waals surface area contributed by atoms with Gasteiger partial charge in [0.05, 0.1) is 5.69 Å². The van der Waals surface area contributed by atoms with Gasteiger partial charge >= 0.3 is 6.03 Å². The van der Waals surface area contributed by atoms with Gasteiger partial charge in [-0.2, -0.15) is 0 Å². The number of hydrazine groups is 1. The first-order valence-corrected chi connectivity index (χ1v) is 15.4. The molecule has 3 atom stereocenters. The molecular formula is C33H48N6O4. The molecule has 10 heteroatoms. The number of nitrogens with one attached hydrogen (secondary N) is 5. The molecule has 1 aliphatic heterocycles. The van der Waals surface area contributed by atoms with Gasteiger partial charge in [-0.05, 0) is 61.6 Å². The molecule has 0 aromatic heterocycles. The van der Waals surface area contributed by atoms with Crippen molar-refractivity contribution in [2.24, 2.45) is 11.8 Å². The van der Waals surface area contributed by atoms with Crippen molar-refractivity contribution in [1.82, 2.24) is 26.3 Å². The lowest BCUT2D eigenvalue weighted by molar-refractivity contribution is -0.132. The van der Waals surface area contributed by atoms with Crippen LogP contribution in [0.3, 0.4) is 0 Å². The van der Waals surface area contributed by atoms with E-state index < -0.39 is 35.8 Å². The Morgan fingerprint density at radius 3 is 1.72 bits per heavy atom. The van der Waals surface area contributed by atoms with Crippen LogP contribution in [-0.2, 0) is 20.8 Å². The minimum Gasteiger partial charge on any atom is -0.343 e. The number of likely N-dealkylation sites (tertiary alicyclic amines) is 1. The summed E-state index contributed by atoms with van der Waals surface area (Å²) in [6.45, 7) is 9.25. The molecule has 43 heavy (non-hydrogen) atoms. The predicted molar refractivity (Wildman–Crippen MR) is 169 cm³/mol. The van der Waals surface area contributed by atoms with Gasteiger partial charge in [0.2, 0.25) is 11.8 Å². The van der Waals surface area contributed by atoms with Gasteiger partial charge in [-0.3, -0.25) is 25.2 Å². The van der Waals surface area contributed by atoms with Crippen LogP contribution in [0.1, 0.15) is 65.4 Å². The number of piperidine rings is 1. The van der Waals surface area contributed by atoms with E-state index in [9.17, 15) is 19.2 Å². The van der Waals surface area contributed by atoms with Crippen molar-refractivity contribution in [3.05, 3.63) is 66.2 Å². The fourth-order valence-electron chi connectivity index (χ4n) is 5.09. The van der Waals surface area contributed by atoms with E-state index in [0.29, 0.717) is 31.6 Å². The van der Waals surface area contributed by atoms with E-state index in [1.165, 1.54) is 0 Å². The van der Waals surface area contributed by atoms with Crippen molar-refractivity contribution in [3.8, 4) is 0 Å². The van der Waals surface area contributed by atoms with E-state index in [1.54, 1.807) is 4.90 Å². The SMILES string of the molecule is CC(C)C[C@H](NC(=O)[C@H](CC(C)C)NC(=O)N1CCCCC1)C(=O)N[C@@H](Cc1ccccc1)C(=O)NNc1ccccc1. The summed E-state index contributed by atoms with van der Waals surface area (Å²) in [7, 11) is 0. The maximum atomic E-state index is 13.7. The first kappa shape index (κ1) is 33.4. The molecule has 1 saturated heterocycles. The Balaban J connectivity index is 1.73. The van der Waals surface area contributed by atoms with Crippen LogP contribution in [0, 0.1) is 11.8 Å². The van der Waals surface area contributed by atoms with Gasteiger partial charge in [0.1, 0.15) is 18.1 Å². The van der Waals surface area contributed by atoms with Gasteiger partial charge in [0.25, 0.3) is 5.91 Å². The summed E-state index contributed by atoms with van der Waals surface area (Å²) in [5, 5.41) is 8.69. The quantitative estimate of drug-likeness (QED) is 0.212. The molecule has 5 amide bonds. The third-order valence-corrected chi connectivity index (χ3v) is 7.32. The van der Waals surface area contributed by atoms with Crippen LogP contribution in [0.2, 0.25) is 0 Å². The smallest absolute Gasteiger partial charge is 0.318 e. The maximum absolute atomic E-state index is 13.7. The number of amides is 5. The third kappa shape index (κ3) is 11.6. The highest BCUT2D eigenvalue weighted by atomic mass is 16.2. The van der Waals surface area contributed by atoms with Gasteiger partial charge in [-0.15, -0.1) is 0 Å². The molecule has 1 aliphatic rings. The summed E-state index contributed by atoms with van der Waals surface area (Å²) in [5.41, 5.74) is 7.17.